The predicted octanol–water partition coefficient (Wildman–Crippen LogP) is 3.78. The minimum absolute atomic E-state index is 0.240. The lowest BCUT2D eigenvalue weighted by Gasteiger charge is -2.36. The highest BCUT2D eigenvalue weighted by Gasteiger charge is 2.41. The fourth-order valence-electron chi connectivity index (χ4n) is 4.73. The van der Waals surface area contributed by atoms with Crippen LogP contribution in [0.4, 0.5) is 0 Å². The molecule has 0 saturated carbocycles. The third-order valence-electron chi connectivity index (χ3n) is 6.93. The van der Waals surface area contributed by atoms with Gasteiger partial charge < -0.3 is 29.1 Å². The van der Waals surface area contributed by atoms with E-state index in [0.29, 0.717) is 44.0 Å². The van der Waals surface area contributed by atoms with Crippen LogP contribution < -0.4 is 14.8 Å². The highest BCUT2D eigenvalue weighted by molar-refractivity contribution is 6.41. The summed E-state index contributed by atoms with van der Waals surface area (Å²) in [4.78, 5) is 31.1. The van der Waals surface area contributed by atoms with Gasteiger partial charge in [0.05, 0.1) is 26.9 Å². The molecule has 1 atom stereocenters. The Kier molecular flexibility index (Phi) is 9.91. The van der Waals surface area contributed by atoms with Crippen molar-refractivity contribution >= 4 is 17.6 Å². The summed E-state index contributed by atoms with van der Waals surface area (Å²) >= 11 is 0. The standard InChI is InChI=1S/C28H36N2O7/c1-6-28(14-16-37-17-15-28)25(30-36-5)26(31)29-21(27(32)35-4)18-19-10-12-20(13-11-19)24-22(33-2)8-7-9-23(24)34-3/h7-13,21H,6,14-18H2,1-5H3,(H,29,31)/t21-/m0/s1. The average molecular weight is 513 g/mol. The van der Waals surface area contributed by atoms with E-state index in [1.807, 2.05) is 49.4 Å². The lowest BCUT2D eigenvalue weighted by Crippen LogP contribution is -2.51. The number of carbonyl (C=O) groups is 2. The molecule has 9 heteroatoms. The summed E-state index contributed by atoms with van der Waals surface area (Å²) < 4.78 is 21.5. The van der Waals surface area contributed by atoms with Gasteiger partial charge >= 0.3 is 5.97 Å². The Morgan fingerprint density at radius 2 is 1.62 bits per heavy atom. The van der Waals surface area contributed by atoms with Crippen LogP contribution in [-0.4, -0.2) is 65.3 Å². The minimum atomic E-state index is -0.903. The van der Waals surface area contributed by atoms with Gasteiger partial charge in [0, 0.05) is 25.0 Å². The second kappa shape index (κ2) is 13.1. The Morgan fingerprint density at radius 1 is 1.00 bits per heavy atom. The number of hydrogen-bond acceptors (Lipinski definition) is 8. The van der Waals surface area contributed by atoms with Crippen molar-refractivity contribution in [3.05, 3.63) is 48.0 Å². The quantitative estimate of drug-likeness (QED) is 0.278. The molecule has 1 aliphatic heterocycles. The molecule has 1 fully saturated rings. The summed E-state index contributed by atoms with van der Waals surface area (Å²) in [6.45, 7) is 3.08. The van der Waals surface area contributed by atoms with Crippen LogP contribution in [0.1, 0.15) is 31.7 Å². The molecule has 1 amide bonds. The molecule has 1 saturated heterocycles. The van der Waals surface area contributed by atoms with Crippen molar-refractivity contribution in [1.29, 1.82) is 0 Å². The first-order valence-electron chi connectivity index (χ1n) is 12.3. The molecule has 3 rings (SSSR count). The molecule has 2 aromatic rings. The number of carbonyl (C=O) groups excluding carboxylic acids is 2. The maximum atomic E-state index is 13.4. The van der Waals surface area contributed by atoms with Crippen LogP contribution in [0.2, 0.25) is 0 Å². The van der Waals surface area contributed by atoms with E-state index in [-0.39, 0.29) is 12.1 Å². The van der Waals surface area contributed by atoms with Gasteiger partial charge in [-0.1, -0.05) is 42.4 Å². The fraction of sp³-hybridized carbons (Fsp3) is 0.464. The van der Waals surface area contributed by atoms with E-state index >= 15 is 0 Å². The molecular formula is C28H36N2O7. The summed E-state index contributed by atoms with van der Waals surface area (Å²) in [5.74, 6) is 0.388. The zero-order chi connectivity index (χ0) is 26.8. The lowest BCUT2D eigenvalue weighted by molar-refractivity contribution is -0.144. The Bertz CT molecular complexity index is 1070. The number of nitrogens with one attached hydrogen (secondary N) is 1. The summed E-state index contributed by atoms with van der Waals surface area (Å²) in [5, 5.41) is 6.92. The van der Waals surface area contributed by atoms with Gasteiger partial charge in [0.2, 0.25) is 0 Å². The third kappa shape index (κ3) is 6.40. The molecule has 37 heavy (non-hydrogen) atoms. The van der Waals surface area contributed by atoms with E-state index in [0.717, 1.165) is 16.7 Å². The van der Waals surface area contributed by atoms with Gasteiger partial charge in [-0.2, -0.15) is 0 Å². The number of methoxy groups -OCH3 is 3. The van der Waals surface area contributed by atoms with E-state index in [1.54, 1.807) is 14.2 Å². The molecule has 1 N–H and O–H groups in total. The molecule has 1 heterocycles. The molecule has 200 valence electrons. The smallest absolute Gasteiger partial charge is 0.328 e. The first kappa shape index (κ1) is 28.0. The molecule has 0 aliphatic carbocycles. The molecule has 1 aliphatic rings. The van der Waals surface area contributed by atoms with Crippen molar-refractivity contribution in [3.63, 3.8) is 0 Å². The summed E-state index contributed by atoms with van der Waals surface area (Å²) in [7, 11) is 5.93. The highest BCUT2D eigenvalue weighted by atomic mass is 16.6. The monoisotopic (exact) mass is 512 g/mol. The summed E-state index contributed by atoms with van der Waals surface area (Å²) in [6, 6.07) is 12.4. The third-order valence-corrected chi connectivity index (χ3v) is 6.93. The van der Waals surface area contributed by atoms with Crippen LogP contribution >= 0.6 is 0 Å². The van der Waals surface area contributed by atoms with Crippen molar-refractivity contribution in [2.45, 2.75) is 38.6 Å². The molecule has 0 radical (unpaired) electrons. The van der Waals surface area contributed by atoms with Crippen molar-refractivity contribution < 1.29 is 33.4 Å². The molecule has 2 aromatic carbocycles. The van der Waals surface area contributed by atoms with Gasteiger partial charge in [0.1, 0.15) is 24.7 Å². The van der Waals surface area contributed by atoms with Gasteiger partial charge in [-0.25, -0.2) is 4.79 Å². The van der Waals surface area contributed by atoms with E-state index in [9.17, 15) is 9.59 Å². The number of esters is 1. The van der Waals surface area contributed by atoms with Gasteiger partial charge in [-0.05, 0) is 42.5 Å². The normalized spacial score (nSPS) is 15.9. The fourth-order valence-corrected chi connectivity index (χ4v) is 4.73. The number of nitrogens with zero attached hydrogens (tertiary/aromatic N) is 1. The van der Waals surface area contributed by atoms with Gasteiger partial charge in [-0.15, -0.1) is 0 Å². The lowest BCUT2D eigenvalue weighted by atomic mass is 9.73. The average Bonchev–Trinajstić information content (AvgIpc) is 2.95. The van der Waals surface area contributed by atoms with Gasteiger partial charge in [-0.3, -0.25) is 4.79 Å². The number of oxime groups is 1. The van der Waals surface area contributed by atoms with Crippen molar-refractivity contribution in [1.82, 2.24) is 5.32 Å². The summed E-state index contributed by atoms with van der Waals surface area (Å²) in [6.07, 6.45) is 2.23. The summed E-state index contributed by atoms with van der Waals surface area (Å²) in [5.41, 5.74) is 2.37. The van der Waals surface area contributed by atoms with Crippen molar-refractivity contribution in [2.75, 3.05) is 41.7 Å². The molecule has 0 aromatic heterocycles. The Hall–Kier alpha value is -3.59. The topological polar surface area (TPSA) is 105 Å². The maximum Gasteiger partial charge on any atom is 0.328 e. The Labute approximate surface area is 218 Å². The van der Waals surface area contributed by atoms with Crippen LogP contribution in [0.5, 0.6) is 11.5 Å². The number of ether oxygens (including phenoxy) is 4. The van der Waals surface area contributed by atoms with E-state index < -0.39 is 23.3 Å². The van der Waals surface area contributed by atoms with Crippen LogP contribution in [0.25, 0.3) is 11.1 Å². The zero-order valence-electron chi connectivity index (χ0n) is 22.2. The highest BCUT2D eigenvalue weighted by Crippen LogP contribution is 2.38. The Balaban J connectivity index is 1.83. The zero-order valence-corrected chi connectivity index (χ0v) is 22.2. The van der Waals surface area contributed by atoms with Crippen LogP contribution in [0.15, 0.2) is 47.6 Å². The first-order chi connectivity index (χ1) is 17.9. The van der Waals surface area contributed by atoms with Gasteiger partial charge in [0.25, 0.3) is 5.91 Å². The molecular weight excluding hydrogens is 476 g/mol. The molecule has 0 unspecified atom stereocenters. The number of hydrogen-bond donors (Lipinski definition) is 1. The first-order valence-corrected chi connectivity index (χ1v) is 12.3. The van der Waals surface area contributed by atoms with Crippen LogP contribution in [0, 0.1) is 5.41 Å². The SMILES string of the molecule is CCC1(C(=NOC)C(=O)N[C@@H](Cc2ccc(-c3c(OC)cccc3OC)cc2)C(=O)OC)CCOCC1. The van der Waals surface area contributed by atoms with E-state index in [2.05, 4.69) is 10.5 Å². The largest absolute Gasteiger partial charge is 0.496 e. The van der Waals surface area contributed by atoms with Crippen LogP contribution in [-0.2, 0) is 30.3 Å². The van der Waals surface area contributed by atoms with Crippen molar-refractivity contribution in [3.8, 4) is 22.6 Å². The Morgan fingerprint density at radius 3 is 2.14 bits per heavy atom. The molecule has 9 nitrogen and oxygen atoms in total. The molecule has 0 bridgehead atoms. The van der Waals surface area contributed by atoms with E-state index in [1.165, 1.54) is 14.2 Å². The van der Waals surface area contributed by atoms with Crippen LogP contribution in [0.3, 0.4) is 0 Å². The second-order valence-electron chi connectivity index (χ2n) is 8.86. The predicted molar refractivity (Wildman–Crippen MR) is 140 cm³/mol. The van der Waals surface area contributed by atoms with E-state index in [4.69, 9.17) is 23.8 Å². The number of rotatable bonds is 11. The second-order valence-corrected chi connectivity index (χ2v) is 8.86. The maximum absolute atomic E-state index is 13.4. The number of amides is 1. The molecule has 0 spiro atoms. The van der Waals surface area contributed by atoms with Crippen molar-refractivity contribution in [2.24, 2.45) is 10.6 Å². The van der Waals surface area contributed by atoms with Gasteiger partial charge in [0.15, 0.2) is 5.71 Å². The number of benzene rings is 2. The minimum Gasteiger partial charge on any atom is -0.496 e.